The van der Waals surface area contributed by atoms with Crippen molar-refractivity contribution in [1.29, 1.82) is 0 Å². The van der Waals surface area contributed by atoms with E-state index in [-0.39, 0.29) is 16.7 Å². The molecule has 1 saturated heterocycles. The van der Waals surface area contributed by atoms with Crippen LogP contribution < -0.4 is 9.64 Å². The maximum atomic E-state index is 13.3. The Kier molecular flexibility index (Phi) is 7.00. The number of nitrogens with zero attached hydrogens (tertiary/aromatic N) is 2. The third-order valence-corrected chi connectivity index (χ3v) is 8.12. The average Bonchev–Trinajstić information content (AvgIpc) is 2.85. The van der Waals surface area contributed by atoms with E-state index in [0.29, 0.717) is 44.8 Å². The van der Waals surface area contributed by atoms with Crippen LogP contribution >= 0.6 is 0 Å². The van der Waals surface area contributed by atoms with Gasteiger partial charge in [-0.1, -0.05) is 30.3 Å². The Morgan fingerprint density at radius 1 is 0.970 bits per heavy atom. The van der Waals surface area contributed by atoms with Crippen LogP contribution in [-0.2, 0) is 14.8 Å². The molecule has 4 rings (SSSR count). The minimum absolute atomic E-state index is 0.0610. The Morgan fingerprint density at radius 2 is 1.64 bits per heavy atom. The minimum atomic E-state index is -3.59. The molecule has 174 valence electrons. The SMILES string of the molecule is CCOc1ccc(S(=O)(=O)N2CCC(C(=O)N(CC)c3ccc4ccccc4c3)CC2)cc1. The first-order chi connectivity index (χ1) is 15.9. The normalized spacial score (nSPS) is 15.5. The fourth-order valence-corrected chi connectivity index (χ4v) is 5.87. The van der Waals surface area contributed by atoms with Gasteiger partial charge in [0.1, 0.15) is 5.75 Å². The molecule has 1 aliphatic rings. The van der Waals surface area contributed by atoms with Gasteiger partial charge >= 0.3 is 0 Å². The molecule has 0 bridgehead atoms. The zero-order valence-corrected chi connectivity index (χ0v) is 19.9. The smallest absolute Gasteiger partial charge is 0.243 e. The summed E-state index contributed by atoms with van der Waals surface area (Å²) in [6, 6.07) is 20.7. The summed E-state index contributed by atoms with van der Waals surface area (Å²) in [5.41, 5.74) is 0.880. The van der Waals surface area contributed by atoms with Crippen molar-refractivity contribution < 1.29 is 17.9 Å². The van der Waals surface area contributed by atoms with Gasteiger partial charge in [-0.05, 0) is 73.9 Å². The number of fused-ring (bicyclic) bond motifs is 1. The molecule has 1 fully saturated rings. The number of anilines is 1. The lowest BCUT2D eigenvalue weighted by atomic mass is 9.96. The second-order valence-corrected chi connectivity index (χ2v) is 10.1. The van der Waals surface area contributed by atoms with Gasteiger partial charge < -0.3 is 9.64 Å². The highest BCUT2D eigenvalue weighted by Crippen LogP contribution is 2.29. The fraction of sp³-hybridized carbons (Fsp3) is 0.346. The molecule has 0 radical (unpaired) electrons. The molecule has 0 atom stereocenters. The minimum Gasteiger partial charge on any atom is -0.494 e. The van der Waals surface area contributed by atoms with Crippen LogP contribution in [0.2, 0.25) is 0 Å². The summed E-state index contributed by atoms with van der Waals surface area (Å²) in [5, 5.41) is 2.23. The monoisotopic (exact) mass is 466 g/mol. The number of amides is 1. The van der Waals surface area contributed by atoms with Gasteiger partial charge in [0.25, 0.3) is 0 Å². The molecular weight excluding hydrogens is 436 g/mol. The predicted octanol–water partition coefficient (Wildman–Crippen LogP) is 4.69. The second-order valence-electron chi connectivity index (χ2n) is 8.20. The van der Waals surface area contributed by atoms with Gasteiger partial charge in [-0.15, -0.1) is 0 Å². The molecular formula is C26H30N2O4S. The molecule has 0 N–H and O–H groups in total. The number of carbonyl (C=O) groups excluding carboxylic acids is 1. The number of rotatable bonds is 7. The number of ether oxygens (including phenoxy) is 1. The van der Waals surface area contributed by atoms with Crippen molar-refractivity contribution in [2.45, 2.75) is 31.6 Å². The maximum Gasteiger partial charge on any atom is 0.243 e. The van der Waals surface area contributed by atoms with Gasteiger partial charge in [-0.2, -0.15) is 4.31 Å². The summed E-state index contributed by atoms with van der Waals surface area (Å²) in [4.78, 5) is 15.4. The Balaban J connectivity index is 1.44. The Morgan fingerprint density at radius 3 is 2.27 bits per heavy atom. The summed E-state index contributed by atoms with van der Waals surface area (Å²) in [6.45, 7) is 5.63. The molecule has 3 aromatic carbocycles. The maximum absolute atomic E-state index is 13.3. The molecule has 0 aromatic heterocycles. The van der Waals surface area contributed by atoms with Crippen LogP contribution in [-0.4, -0.2) is 44.9 Å². The lowest BCUT2D eigenvalue weighted by Crippen LogP contribution is -2.44. The molecule has 0 unspecified atom stereocenters. The van der Waals surface area contributed by atoms with Crippen LogP contribution in [0.3, 0.4) is 0 Å². The van der Waals surface area contributed by atoms with Crippen LogP contribution in [0.4, 0.5) is 5.69 Å². The number of carbonyl (C=O) groups is 1. The topological polar surface area (TPSA) is 66.9 Å². The van der Waals surface area contributed by atoms with E-state index in [9.17, 15) is 13.2 Å². The Labute approximate surface area is 195 Å². The van der Waals surface area contributed by atoms with Gasteiger partial charge in [0, 0.05) is 31.2 Å². The van der Waals surface area contributed by atoms with Crippen LogP contribution in [0.15, 0.2) is 71.6 Å². The van der Waals surface area contributed by atoms with Crippen molar-refractivity contribution in [3.8, 4) is 5.75 Å². The van der Waals surface area contributed by atoms with E-state index in [4.69, 9.17) is 4.74 Å². The van der Waals surface area contributed by atoms with E-state index in [2.05, 4.69) is 6.07 Å². The Bertz CT molecular complexity index is 1220. The third kappa shape index (κ3) is 4.89. The zero-order chi connectivity index (χ0) is 23.4. The Hall–Kier alpha value is -2.90. The first-order valence-corrected chi connectivity index (χ1v) is 12.9. The van der Waals surface area contributed by atoms with E-state index in [1.807, 2.05) is 55.1 Å². The quantitative estimate of drug-likeness (QED) is 0.507. The number of piperidine rings is 1. The van der Waals surface area contributed by atoms with Crippen molar-refractivity contribution in [2.75, 3.05) is 31.1 Å². The molecule has 3 aromatic rings. The van der Waals surface area contributed by atoms with Gasteiger partial charge in [0.2, 0.25) is 15.9 Å². The lowest BCUT2D eigenvalue weighted by molar-refractivity contribution is -0.123. The van der Waals surface area contributed by atoms with E-state index in [1.165, 1.54) is 4.31 Å². The number of sulfonamides is 1. The molecule has 0 saturated carbocycles. The molecule has 33 heavy (non-hydrogen) atoms. The van der Waals surface area contributed by atoms with Crippen LogP contribution in [0.5, 0.6) is 5.75 Å². The molecule has 6 nitrogen and oxygen atoms in total. The molecule has 1 aliphatic heterocycles. The highest BCUT2D eigenvalue weighted by atomic mass is 32.2. The van der Waals surface area contributed by atoms with Crippen molar-refractivity contribution in [3.05, 3.63) is 66.7 Å². The highest BCUT2D eigenvalue weighted by molar-refractivity contribution is 7.89. The van der Waals surface area contributed by atoms with E-state index in [1.54, 1.807) is 24.3 Å². The van der Waals surface area contributed by atoms with Gasteiger partial charge in [-0.3, -0.25) is 4.79 Å². The van der Waals surface area contributed by atoms with Crippen molar-refractivity contribution in [3.63, 3.8) is 0 Å². The largest absolute Gasteiger partial charge is 0.494 e. The zero-order valence-electron chi connectivity index (χ0n) is 19.1. The average molecular weight is 467 g/mol. The number of benzene rings is 3. The molecule has 0 aliphatic carbocycles. The summed E-state index contributed by atoms with van der Waals surface area (Å²) in [6.07, 6.45) is 1.03. The molecule has 1 amide bonds. The highest BCUT2D eigenvalue weighted by Gasteiger charge is 2.34. The third-order valence-electron chi connectivity index (χ3n) is 6.20. The first kappa shape index (κ1) is 23.3. The molecule has 7 heteroatoms. The van der Waals surface area contributed by atoms with Crippen LogP contribution in [0, 0.1) is 5.92 Å². The molecule has 1 heterocycles. The summed E-state index contributed by atoms with van der Waals surface area (Å²) >= 11 is 0. The summed E-state index contributed by atoms with van der Waals surface area (Å²) in [5.74, 6) is 0.517. The van der Waals surface area contributed by atoms with Gasteiger partial charge in [-0.25, -0.2) is 8.42 Å². The fourth-order valence-electron chi connectivity index (χ4n) is 4.40. The van der Waals surface area contributed by atoms with Crippen molar-refractivity contribution in [2.24, 2.45) is 5.92 Å². The van der Waals surface area contributed by atoms with Crippen LogP contribution in [0.25, 0.3) is 10.8 Å². The van der Waals surface area contributed by atoms with Gasteiger partial charge in [0.15, 0.2) is 0 Å². The van der Waals surface area contributed by atoms with Crippen molar-refractivity contribution >= 4 is 32.4 Å². The van der Waals surface area contributed by atoms with Crippen LogP contribution in [0.1, 0.15) is 26.7 Å². The molecule has 0 spiro atoms. The summed E-state index contributed by atoms with van der Waals surface area (Å²) in [7, 11) is -3.59. The first-order valence-electron chi connectivity index (χ1n) is 11.5. The summed E-state index contributed by atoms with van der Waals surface area (Å²) < 4.78 is 33.0. The predicted molar refractivity (Wildman–Crippen MR) is 131 cm³/mol. The van der Waals surface area contributed by atoms with E-state index < -0.39 is 10.0 Å². The number of hydrogen-bond acceptors (Lipinski definition) is 4. The number of hydrogen-bond donors (Lipinski definition) is 0. The standard InChI is InChI=1S/C26H30N2O4S/c1-3-28(23-10-9-20-7-5-6-8-22(20)19-23)26(29)21-15-17-27(18-16-21)33(30,31)25-13-11-24(12-14-25)32-4-2/h5-14,19,21H,3-4,15-18H2,1-2H3. The van der Waals surface area contributed by atoms with Crippen molar-refractivity contribution in [1.82, 2.24) is 4.31 Å². The van der Waals surface area contributed by atoms with E-state index in [0.717, 1.165) is 16.5 Å². The van der Waals surface area contributed by atoms with E-state index >= 15 is 0 Å². The second kappa shape index (κ2) is 9.93. The van der Waals surface area contributed by atoms with Gasteiger partial charge in [0.05, 0.1) is 11.5 Å². The lowest BCUT2D eigenvalue weighted by Gasteiger charge is -2.33.